The lowest BCUT2D eigenvalue weighted by Crippen LogP contribution is -1.93. The molecule has 3 nitrogen and oxygen atoms in total. The van der Waals surface area contributed by atoms with E-state index in [2.05, 4.69) is 69.5 Å². The third-order valence-corrected chi connectivity index (χ3v) is 5.18. The van der Waals surface area contributed by atoms with Crippen LogP contribution in [0.3, 0.4) is 0 Å². The highest BCUT2D eigenvalue weighted by molar-refractivity contribution is 5.81. The Morgan fingerprint density at radius 1 is 0.300 bits per heavy atom. The van der Waals surface area contributed by atoms with E-state index >= 15 is 0 Å². The summed E-state index contributed by atoms with van der Waals surface area (Å²) in [6.07, 6.45) is 0. The van der Waals surface area contributed by atoms with E-state index in [1.54, 1.807) is 0 Å². The fourth-order valence-corrected chi connectivity index (χ4v) is 4.13. The maximum Gasteiger partial charge on any atom is 0.0382 e. The van der Waals surface area contributed by atoms with Crippen molar-refractivity contribution < 1.29 is 0 Å². The Morgan fingerprint density at radius 3 is 0.667 bits per heavy atom. The van der Waals surface area contributed by atoms with E-state index in [0.717, 1.165) is 34.2 Å². The zero-order valence-electron chi connectivity index (χ0n) is 18.5. The molecule has 4 aromatic rings. The molecule has 3 heteroatoms. The number of pyridine rings is 3. The quantitative estimate of drug-likeness (QED) is 0.388. The van der Waals surface area contributed by atoms with Gasteiger partial charge in [-0.2, -0.15) is 0 Å². The molecular formula is C27H27N3. The van der Waals surface area contributed by atoms with Gasteiger partial charge < -0.3 is 0 Å². The predicted molar refractivity (Wildman–Crippen MR) is 125 cm³/mol. The molecule has 0 saturated heterocycles. The summed E-state index contributed by atoms with van der Waals surface area (Å²) in [6.45, 7) is 12.3. The lowest BCUT2D eigenvalue weighted by Gasteiger charge is -2.13. The second-order valence-corrected chi connectivity index (χ2v) is 8.21. The number of rotatable bonds is 3. The molecule has 0 bridgehead atoms. The van der Waals surface area contributed by atoms with E-state index in [0.29, 0.717) is 0 Å². The molecule has 3 aromatic heterocycles. The number of aryl methyl sites for hydroxylation is 6. The van der Waals surface area contributed by atoms with Crippen LogP contribution in [0.5, 0.6) is 0 Å². The number of hydrogen-bond acceptors (Lipinski definition) is 3. The normalized spacial score (nSPS) is 11.0. The third-order valence-electron chi connectivity index (χ3n) is 5.18. The molecule has 0 atom stereocenters. The number of hydrogen-bond donors (Lipinski definition) is 0. The highest BCUT2D eigenvalue weighted by Gasteiger charge is 2.10. The average Bonchev–Trinajstić information content (AvgIpc) is 2.65. The third kappa shape index (κ3) is 4.30. The second kappa shape index (κ2) is 7.83. The minimum Gasteiger partial charge on any atom is -0.258 e. The SMILES string of the molecule is Cc1cc(-c2cc(-c3cc(C)nc(C)c3)cc(-c3cc(C)nc(C)c3)c2)cc(C)n1. The largest absolute Gasteiger partial charge is 0.258 e. The van der Waals surface area contributed by atoms with Gasteiger partial charge in [-0.05, 0) is 130 Å². The van der Waals surface area contributed by atoms with Gasteiger partial charge in [0.2, 0.25) is 0 Å². The van der Waals surface area contributed by atoms with Crippen LogP contribution in [-0.2, 0) is 0 Å². The van der Waals surface area contributed by atoms with Crippen molar-refractivity contribution in [3.8, 4) is 33.4 Å². The number of nitrogens with zero attached hydrogens (tertiary/aromatic N) is 3. The molecule has 30 heavy (non-hydrogen) atoms. The van der Waals surface area contributed by atoms with Crippen LogP contribution >= 0.6 is 0 Å². The van der Waals surface area contributed by atoms with Crippen molar-refractivity contribution >= 4 is 0 Å². The minimum atomic E-state index is 1.03. The Hall–Kier alpha value is -3.33. The smallest absolute Gasteiger partial charge is 0.0382 e. The first-order valence-electron chi connectivity index (χ1n) is 10.3. The Morgan fingerprint density at radius 2 is 0.467 bits per heavy atom. The van der Waals surface area contributed by atoms with Crippen molar-refractivity contribution in [3.05, 3.63) is 88.8 Å². The predicted octanol–water partition coefficient (Wildman–Crippen LogP) is 6.72. The molecule has 0 N–H and O–H groups in total. The first-order chi connectivity index (χ1) is 14.3. The molecule has 0 aliphatic heterocycles. The molecule has 0 radical (unpaired) electrons. The molecule has 0 spiro atoms. The van der Waals surface area contributed by atoms with E-state index in [1.807, 2.05) is 41.5 Å². The fourth-order valence-electron chi connectivity index (χ4n) is 4.13. The number of benzene rings is 1. The molecule has 0 fully saturated rings. The minimum absolute atomic E-state index is 1.03. The topological polar surface area (TPSA) is 38.7 Å². The molecule has 3 heterocycles. The van der Waals surface area contributed by atoms with Crippen LogP contribution in [0.15, 0.2) is 54.6 Å². The van der Waals surface area contributed by atoms with Crippen molar-refractivity contribution in [2.75, 3.05) is 0 Å². The molecule has 150 valence electrons. The summed E-state index contributed by atoms with van der Waals surface area (Å²) < 4.78 is 0. The van der Waals surface area contributed by atoms with Crippen molar-refractivity contribution in [1.82, 2.24) is 15.0 Å². The Bertz CT molecular complexity index is 1030. The number of aromatic nitrogens is 3. The van der Waals surface area contributed by atoms with Gasteiger partial charge in [-0.25, -0.2) is 0 Å². The van der Waals surface area contributed by atoms with Gasteiger partial charge in [0.15, 0.2) is 0 Å². The standard InChI is InChI=1S/C27H27N3/c1-16-7-22(8-17(2)28-16)25-13-26(23-9-18(3)29-19(4)10-23)15-27(14-25)24-11-20(5)30-21(6)12-24/h7-15H,1-6H3. The van der Waals surface area contributed by atoms with Crippen LogP contribution in [0.2, 0.25) is 0 Å². The van der Waals surface area contributed by atoms with Crippen molar-refractivity contribution in [1.29, 1.82) is 0 Å². The Labute approximate surface area is 178 Å². The first-order valence-corrected chi connectivity index (χ1v) is 10.3. The van der Waals surface area contributed by atoms with Crippen LogP contribution in [0.4, 0.5) is 0 Å². The van der Waals surface area contributed by atoms with Crippen LogP contribution in [-0.4, -0.2) is 15.0 Å². The lowest BCUT2D eigenvalue weighted by atomic mass is 9.93. The van der Waals surface area contributed by atoms with Gasteiger partial charge in [0.1, 0.15) is 0 Å². The highest BCUT2D eigenvalue weighted by Crippen LogP contribution is 2.34. The molecule has 0 unspecified atom stereocenters. The van der Waals surface area contributed by atoms with Gasteiger partial charge in [0, 0.05) is 34.2 Å². The summed E-state index contributed by atoms with van der Waals surface area (Å²) >= 11 is 0. The van der Waals surface area contributed by atoms with Gasteiger partial charge in [-0.3, -0.25) is 15.0 Å². The van der Waals surface area contributed by atoms with Crippen LogP contribution in [0.1, 0.15) is 34.2 Å². The van der Waals surface area contributed by atoms with Gasteiger partial charge in [0.25, 0.3) is 0 Å². The van der Waals surface area contributed by atoms with Crippen LogP contribution in [0, 0.1) is 41.5 Å². The van der Waals surface area contributed by atoms with E-state index in [9.17, 15) is 0 Å². The Balaban J connectivity index is 1.98. The molecule has 0 aliphatic carbocycles. The molecule has 1 aromatic carbocycles. The lowest BCUT2D eigenvalue weighted by molar-refractivity contribution is 1.12. The summed E-state index contributed by atoms with van der Waals surface area (Å²) in [5, 5.41) is 0. The van der Waals surface area contributed by atoms with Gasteiger partial charge in [-0.15, -0.1) is 0 Å². The van der Waals surface area contributed by atoms with E-state index in [1.165, 1.54) is 33.4 Å². The molecule has 0 amide bonds. The fraction of sp³-hybridized carbons (Fsp3) is 0.222. The van der Waals surface area contributed by atoms with E-state index < -0.39 is 0 Å². The average molecular weight is 394 g/mol. The maximum absolute atomic E-state index is 4.55. The summed E-state index contributed by atoms with van der Waals surface area (Å²) in [5.41, 5.74) is 13.3. The van der Waals surface area contributed by atoms with E-state index in [-0.39, 0.29) is 0 Å². The highest BCUT2D eigenvalue weighted by atomic mass is 14.7. The first kappa shape index (κ1) is 20.0. The molecule has 0 aliphatic rings. The van der Waals surface area contributed by atoms with Gasteiger partial charge in [-0.1, -0.05) is 0 Å². The summed E-state index contributed by atoms with van der Waals surface area (Å²) in [6, 6.07) is 19.7. The van der Waals surface area contributed by atoms with Gasteiger partial charge in [0.05, 0.1) is 0 Å². The van der Waals surface area contributed by atoms with Crippen LogP contribution in [0.25, 0.3) is 33.4 Å². The van der Waals surface area contributed by atoms with E-state index in [4.69, 9.17) is 0 Å². The molecular weight excluding hydrogens is 366 g/mol. The van der Waals surface area contributed by atoms with Crippen LogP contribution < -0.4 is 0 Å². The maximum atomic E-state index is 4.55. The summed E-state index contributed by atoms with van der Waals surface area (Å²) in [5.74, 6) is 0. The zero-order valence-corrected chi connectivity index (χ0v) is 18.5. The monoisotopic (exact) mass is 393 g/mol. The van der Waals surface area contributed by atoms with Crippen molar-refractivity contribution in [3.63, 3.8) is 0 Å². The summed E-state index contributed by atoms with van der Waals surface area (Å²) in [7, 11) is 0. The molecule has 0 saturated carbocycles. The zero-order chi connectivity index (χ0) is 21.4. The van der Waals surface area contributed by atoms with Crippen molar-refractivity contribution in [2.45, 2.75) is 41.5 Å². The molecule has 4 rings (SSSR count). The summed E-state index contributed by atoms with van der Waals surface area (Å²) in [4.78, 5) is 13.7. The Kier molecular flexibility index (Phi) is 5.21. The van der Waals surface area contributed by atoms with Crippen molar-refractivity contribution in [2.24, 2.45) is 0 Å². The van der Waals surface area contributed by atoms with Gasteiger partial charge >= 0.3 is 0 Å². The second-order valence-electron chi connectivity index (χ2n) is 8.21.